The molecule has 0 radical (unpaired) electrons. The third-order valence-corrected chi connectivity index (χ3v) is 4.57. The third kappa shape index (κ3) is 4.99. The van der Waals surface area contributed by atoms with Gasteiger partial charge < -0.3 is 15.4 Å². The fraction of sp³-hybridized carbons (Fsp3) is 0.375. The summed E-state index contributed by atoms with van der Waals surface area (Å²) in [4.78, 5) is 24.6. The SMILES string of the molecule is CC[C@@H](COC)NC(=O)/C=C1/Sc2ccc(C(F)(F)F)cc2NC1=O. The quantitative estimate of drug-likeness (QED) is 0.777. The molecule has 1 aromatic rings. The van der Waals surface area contributed by atoms with Gasteiger partial charge in [-0.1, -0.05) is 18.7 Å². The number of hydrogen-bond donors (Lipinski definition) is 2. The Morgan fingerprint density at radius 3 is 2.76 bits per heavy atom. The van der Waals surface area contributed by atoms with E-state index in [1.54, 1.807) is 0 Å². The normalized spacial score (nSPS) is 17.0. The first kappa shape index (κ1) is 19.3. The monoisotopic (exact) mass is 374 g/mol. The molecule has 1 aliphatic heterocycles. The van der Waals surface area contributed by atoms with E-state index in [1.165, 1.54) is 13.2 Å². The van der Waals surface area contributed by atoms with Crippen LogP contribution in [0.15, 0.2) is 34.1 Å². The molecule has 0 fully saturated rings. The van der Waals surface area contributed by atoms with Crippen molar-refractivity contribution in [1.29, 1.82) is 0 Å². The zero-order chi connectivity index (χ0) is 18.6. The molecule has 5 nitrogen and oxygen atoms in total. The molecule has 9 heteroatoms. The van der Waals surface area contributed by atoms with Crippen molar-refractivity contribution >= 4 is 29.3 Å². The summed E-state index contributed by atoms with van der Waals surface area (Å²) in [6.45, 7) is 2.22. The van der Waals surface area contributed by atoms with Crippen molar-refractivity contribution in [2.75, 3.05) is 19.0 Å². The molecule has 1 aromatic carbocycles. The highest BCUT2D eigenvalue weighted by molar-refractivity contribution is 8.04. The molecule has 0 aromatic heterocycles. The number of halogens is 3. The Bertz CT molecular complexity index is 704. The molecule has 25 heavy (non-hydrogen) atoms. The van der Waals surface area contributed by atoms with Crippen LogP contribution >= 0.6 is 11.8 Å². The molecule has 0 unspecified atom stereocenters. The van der Waals surface area contributed by atoms with Crippen molar-refractivity contribution in [1.82, 2.24) is 5.32 Å². The van der Waals surface area contributed by atoms with Gasteiger partial charge in [0.1, 0.15) is 0 Å². The number of alkyl halides is 3. The lowest BCUT2D eigenvalue weighted by atomic mass is 10.2. The summed E-state index contributed by atoms with van der Waals surface area (Å²) < 4.78 is 43.2. The number of hydrogen-bond acceptors (Lipinski definition) is 4. The lowest BCUT2D eigenvalue weighted by Gasteiger charge is -2.20. The van der Waals surface area contributed by atoms with Crippen LogP contribution in [0.4, 0.5) is 18.9 Å². The Morgan fingerprint density at radius 2 is 2.16 bits per heavy atom. The molecule has 0 saturated heterocycles. The molecule has 2 rings (SSSR count). The standard InChI is InChI=1S/C16H17F3N2O3S/c1-3-10(8-24-2)20-14(22)7-13-15(23)21-11-6-9(16(17,18)19)4-5-12(11)25-13/h4-7,10H,3,8H2,1-2H3,(H,20,22)(H,21,23)/b13-7+/t10-/m0/s1. The van der Waals surface area contributed by atoms with Gasteiger partial charge in [-0.25, -0.2) is 0 Å². The van der Waals surface area contributed by atoms with E-state index in [0.717, 1.165) is 30.0 Å². The number of amides is 2. The molecule has 1 aliphatic rings. The first-order valence-corrected chi connectivity index (χ1v) is 8.27. The first-order valence-electron chi connectivity index (χ1n) is 7.46. The Labute approximate surface area is 147 Å². The van der Waals surface area contributed by atoms with E-state index in [-0.39, 0.29) is 16.6 Å². The second-order valence-corrected chi connectivity index (χ2v) is 6.43. The van der Waals surface area contributed by atoms with E-state index in [1.807, 2.05) is 6.92 Å². The van der Waals surface area contributed by atoms with Crippen LogP contribution in [0, 0.1) is 0 Å². The van der Waals surface area contributed by atoms with E-state index < -0.39 is 23.6 Å². The molecule has 0 bridgehead atoms. The minimum atomic E-state index is -4.49. The second-order valence-electron chi connectivity index (χ2n) is 5.34. The molecule has 136 valence electrons. The van der Waals surface area contributed by atoms with Gasteiger partial charge >= 0.3 is 6.18 Å². The lowest BCUT2D eigenvalue weighted by molar-refractivity contribution is -0.137. The first-order chi connectivity index (χ1) is 11.7. The van der Waals surface area contributed by atoms with Crippen molar-refractivity contribution in [3.8, 4) is 0 Å². The smallest absolute Gasteiger partial charge is 0.383 e. The highest BCUT2D eigenvalue weighted by atomic mass is 32.2. The van der Waals surface area contributed by atoms with E-state index in [0.29, 0.717) is 17.9 Å². The fourth-order valence-electron chi connectivity index (χ4n) is 2.16. The predicted octanol–water partition coefficient (Wildman–Crippen LogP) is 3.17. The number of carbonyl (C=O) groups excluding carboxylic acids is 2. The lowest BCUT2D eigenvalue weighted by Crippen LogP contribution is -2.37. The number of rotatable bonds is 5. The zero-order valence-corrected chi connectivity index (χ0v) is 14.4. The van der Waals surface area contributed by atoms with Gasteiger partial charge in [-0.2, -0.15) is 13.2 Å². The van der Waals surface area contributed by atoms with E-state index in [4.69, 9.17) is 4.74 Å². The predicted molar refractivity (Wildman–Crippen MR) is 88.1 cm³/mol. The van der Waals surface area contributed by atoms with E-state index in [9.17, 15) is 22.8 Å². The largest absolute Gasteiger partial charge is 0.416 e. The van der Waals surface area contributed by atoms with Crippen molar-refractivity contribution in [3.05, 3.63) is 34.7 Å². The van der Waals surface area contributed by atoms with Crippen LogP contribution in [0.25, 0.3) is 0 Å². The molecule has 0 saturated carbocycles. The molecule has 0 aliphatic carbocycles. The van der Waals surface area contributed by atoms with Crippen molar-refractivity contribution in [3.63, 3.8) is 0 Å². The summed E-state index contributed by atoms with van der Waals surface area (Å²) in [6.07, 6.45) is -2.69. The van der Waals surface area contributed by atoms with Crippen molar-refractivity contribution in [2.24, 2.45) is 0 Å². The van der Waals surface area contributed by atoms with Gasteiger partial charge in [0.2, 0.25) is 5.91 Å². The van der Waals surface area contributed by atoms with Crippen LogP contribution in [0.1, 0.15) is 18.9 Å². The Kier molecular flexibility index (Phi) is 6.12. The summed E-state index contributed by atoms with van der Waals surface area (Å²) >= 11 is 0.950. The molecule has 2 N–H and O–H groups in total. The van der Waals surface area contributed by atoms with Gasteiger partial charge in [0.05, 0.1) is 28.8 Å². The summed E-state index contributed by atoms with van der Waals surface area (Å²) in [6, 6.07) is 2.90. The number of carbonyl (C=O) groups is 2. The maximum absolute atomic E-state index is 12.7. The van der Waals surface area contributed by atoms with Gasteiger partial charge in [0.15, 0.2) is 0 Å². The van der Waals surface area contributed by atoms with E-state index >= 15 is 0 Å². The summed E-state index contributed by atoms with van der Waals surface area (Å²) in [5.74, 6) is -1.08. The number of ether oxygens (including phenoxy) is 1. The van der Waals surface area contributed by atoms with Gasteiger partial charge in [-0.15, -0.1) is 0 Å². The van der Waals surface area contributed by atoms with Crippen LogP contribution in [0.2, 0.25) is 0 Å². The Hall–Kier alpha value is -2.00. The number of nitrogens with one attached hydrogen (secondary N) is 2. The highest BCUT2D eigenvalue weighted by Gasteiger charge is 2.32. The average Bonchev–Trinajstić information content (AvgIpc) is 2.53. The van der Waals surface area contributed by atoms with Gasteiger partial charge in [-0.3, -0.25) is 9.59 Å². The Morgan fingerprint density at radius 1 is 1.44 bits per heavy atom. The number of fused-ring (bicyclic) bond motifs is 1. The average molecular weight is 374 g/mol. The van der Waals surface area contributed by atoms with E-state index in [2.05, 4.69) is 10.6 Å². The molecular weight excluding hydrogens is 357 g/mol. The maximum Gasteiger partial charge on any atom is 0.416 e. The minimum Gasteiger partial charge on any atom is -0.383 e. The van der Waals surface area contributed by atoms with Gasteiger partial charge in [-0.05, 0) is 24.6 Å². The third-order valence-electron chi connectivity index (χ3n) is 3.47. The summed E-state index contributed by atoms with van der Waals surface area (Å²) in [7, 11) is 1.52. The summed E-state index contributed by atoms with van der Waals surface area (Å²) in [5, 5.41) is 5.09. The van der Waals surface area contributed by atoms with Gasteiger partial charge in [0.25, 0.3) is 5.91 Å². The molecule has 1 atom stereocenters. The minimum absolute atomic E-state index is 0.0770. The second kappa shape index (κ2) is 7.92. The van der Waals surface area contributed by atoms with Gasteiger partial charge in [0, 0.05) is 18.1 Å². The number of thioether (sulfide) groups is 1. The summed E-state index contributed by atoms with van der Waals surface area (Å²) in [5.41, 5.74) is -0.768. The van der Waals surface area contributed by atoms with Crippen molar-refractivity contribution < 1.29 is 27.5 Å². The zero-order valence-electron chi connectivity index (χ0n) is 13.6. The molecule has 1 heterocycles. The van der Waals surface area contributed by atoms with Crippen LogP contribution in [-0.4, -0.2) is 31.6 Å². The Balaban J connectivity index is 2.16. The molecule has 0 spiro atoms. The molecular formula is C16H17F3N2O3S. The van der Waals surface area contributed by atoms with Crippen LogP contribution in [0.3, 0.4) is 0 Å². The van der Waals surface area contributed by atoms with Crippen LogP contribution in [-0.2, 0) is 20.5 Å². The van der Waals surface area contributed by atoms with Crippen LogP contribution < -0.4 is 10.6 Å². The number of anilines is 1. The number of benzene rings is 1. The fourth-order valence-corrected chi connectivity index (χ4v) is 3.06. The molecule has 2 amide bonds. The number of methoxy groups -OCH3 is 1. The maximum atomic E-state index is 12.7. The van der Waals surface area contributed by atoms with Crippen LogP contribution in [0.5, 0.6) is 0 Å². The highest BCUT2D eigenvalue weighted by Crippen LogP contribution is 2.41. The van der Waals surface area contributed by atoms with Crippen molar-refractivity contribution in [2.45, 2.75) is 30.5 Å². The topological polar surface area (TPSA) is 67.4 Å².